The Kier molecular flexibility index (Phi) is 6.28. The van der Waals surface area contributed by atoms with Crippen molar-refractivity contribution in [1.29, 1.82) is 0 Å². The highest BCUT2D eigenvalue weighted by molar-refractivity contribution is 7.86. The van der Waals surface area contributed by atoms with Crippen molar-refractivity contribution in [2.75, 3.05) is 0 Å². The first-order chi connectivity index (χ1) is 8.22. The normalized spacial score (nSPS) is 13.6. The van der Waals surface area contributed by atoms with E-state index in [2.05, 4.69) is 16.1 Å². The van der Waals surface area contributed by atoms with Crippen molar-refractivity contribution in [3.05, 3.63) is 24.5 Å². The third kappa shape index (κ3) is 5.60. The molecule has 0 bridgehead atoms. The number of ether oxygens (including phenoxy) is 2. The molecule has 0 rings (SSSR count). The molecule has 0 aromatic carbocycles. The van der Waals surface area contributed by atoms with Crippen LogP contribution >= 0.6 is 0 Å². The molecular formula is C10H14O7S. The van der Waals surface area contributed by atoms with Crippen LogP contribution in [0.5, 0.6) is 0 Å². The average molecular weight is 278 g/mol. The van der Waals surface area contributed by atoms with E-state index in [1.165, 1.54) is 13.8 Å². The Balaban J connectivity index is 4.66. The van der Waals surface area contributed by atoms with Gasteiger partial charge in [-0.05, 0) is 13.3 Å². The molecule has 102 valence electrons. The molecule has 0 saturated heterocycles. The summed E-state index contributed by atoms with van der Waals surface area (Å²) in [5, 5.41) is 0. The summed E-state index contributed by atoms with van der Waals surface area (Å²) in [6, 6.07) is 0. The van der Waals surface area contributed by atoms with Gasteiger partial charge >= 0.3 is 22.1 Å². The fourth-order valence-corrected chi connectivity index (χ4v) is 1.44. The molecule has 0 aromatic heterocycles. The number of carbonyl (C=O) groups is 2. The van der Waals surface area contributed by atoms with Crippen molar-refractivity contribution in [3.8, 4) is 0 Å². The van der Waals surface area contributed by atoms with Gasteiger partial charge < -0.3 is 9.47 Å². The maximum absolute atomic E-state index is 11.4. The lowest BCUT2D eigenvalue weighted by molar-refractivity contribution is -0.141. The Morgan fingerprint density at radius 3 is 2.39 bits per heavy atom. The van der Waals surface area contributed by atoms with Crippen LogP contribution in [0.2, 0.25) is 0 Å². The molecule has 0 heterocycles. The van der Waals surface area contributed by atoms with Crippen LogP contribution in [0.4, 0.5) is 0 Å². The Hall–Kier alpha value is -1.67. The minimum absolute atomic E-state index is 0.107. The first kappa shape index (κ1) is 16.3. The van der Waals surface area contributed by atoms with Gasteiger partial charge in [0.05, 0.1) is 5.57 Å². The van der Waals surface area contributed by atoms with Gasteiger partial charge in [-0.25, -0.2) is 9.59 Å². The van der Waals surface area contributed by atoms with E-state index >= 15 is 0 Å². The molecule has 0 aliphatic rings. The Bertz CT molecular complexity index is 461. The quantitative estimate of drug-likeness (QED) is 0.331. The fraction of sp³-hybridized carbons (Fsp3) is 0.400. The van der Waals surface area contributed by atoms with Crippen LogP contribution in [-0.2, 0) is 29.2 Å². The van der Waals surface area contributed by atoms with Crippen LogP contribution in [0.25, 0.3) is 0 Å². The van der Waals surface area contributed by atoms with Crippen LogP contribution < -0.4 is 0 Å². The van der Waals surface area contributed by atoms with Crippen molar-refractivity contribution in [3.63, 3.8) is 0 Å². The number of carbonyl (C=O) groups excluding carboxylic acids is 2. The minimum Gasteiger partial charge on any atom is -0.440 e. The number of hydrogen-bond donors (Lipinski definition) is 1. The van der Waals surface area contributed by atoms with Gasteiger partial charge in [0, 0.05) is 6.08 Å². The summed E-state index contributed by atoms with van der Waals surface area (Å²) in [6.07, 6.45) is 1.59. The highest BCUT2D eigenvalue weighted by atomic mass is 32.2. The van der Waals surface area contributed by atoms with E-state index in [4.69, 9.17) is 4.55 Å². The topological polar surface area (TPSA) is 107 Å². The molecule has 0 spiro atoms. The van der Waals surface area contributed by atoms with E-state index < -0.39 is 27.5 Å². The number of esters is 2. The largest absolute Gasteiger partial charge is 0.440 e. The van der Waals surface area contributed by atoms with Gasteiger partial charge in [0.25, 0.3) is 0 Å². The zero-order valence-electron chi connectivity index (χ0n) is 9.95. The molecule has 1 atom stereocenters. The smallest absolute Gasteiger partial charge is 0.338 e. The maximum atomic E-state index is 11.4. The van der Waals surface area contributed by atoms with E-state index in [9.17, 15) is 18.0 Å². The third-order valence-corrected chi connectivity index (χ3v) is 2.84. The van der Waals surface area contributed by atoms with Crippen LogP contribution in [-0.4, -0.2) is 30.3 Å². The summed E-state index contributed by atoms with van der Waals surface area (Å²) in [6.45, 7) is 5.82. The standard InChI is InChI=1S/C10H14O7S/c1-4-8(11)16-6-7(3)10(12)17-9(5-2)18(13,14)15/h4,6,9H,1,5H2,2-3H3,(H,13,14,15). The van der Waals surface area contributed by atoms with Gasteiger partial charge in [-0.15, -0.1) is 0 Å². The zero-order valence-corrected chi connectivity index (χ0v) is 10.8. The molecule has 8 heteroatoms. The van der Waals surface area contributed by atoms with E-state index in [1.54, 1.807) is 0 Å². The number of rotatable bonds is 6. The predicted molar refractivity (Wildman–Crippen MR) is 61.8 cm³/mol. The first-order valence-corrected chi connectivity index (χ1v) is 6.39. The highest BCUT2D eigenvalue weighted by Gasteiger charge is 2.25. The molecule has 0 aromatic rings. The Labute approximate surface area is 105 Å². The average Bonchev–Trinajstić information content (AvgIpc) is 2.30. The minimum atomic E-state index is -4.47. The van der Waals surface area contributed by atoms with Gasteiger partial charge in [-0.2, -0.15) is 8.42 Å². The molecule has 18 heavy (non-hydrogen) atoms. The third-order valence-electron chi connectivity index (χ3n) is 1.74. The Morgan fingerprint density at radius 1 is 1.44 bits per heavy atom. The molecule has 0 aliphatic carbocycles. The lowest BCUT2D eigenvalue weighted by Gasteiger charge is -2.12. The van der Waals surface area contributed by atoms with Crippen molar-refractivity contribution >= 4 is 22.1 Å². The van der Waals surface area contributed by atoms with Crippen molar-refractivity contribution < 1.29 is 32.0 Å². The zero-order chi connectivity index (χ0) is 14.3. The maximum Gasteiger partial charge on any atom is 0.338 e. The van der Waals surface area contributed by atoms with Crippen molar-refractivity contribution in [2.24, 2.45) is 0 Å². The predicted octanol–water partition coefficient (Wildman–Crippen LogP) is 0.786. The molecule has 0 radical (unpaired) electrons. The first-order valence-electron chi connectivity index (χ1n) is 4.89. The molecule has 0 fully saturated rings. The van der Waals surface area contributed by atoms with Gasteiger partial charge in [0.1, 0.15) is 6.26 Å². The summed E-state index contributed by atoms with van der Waals surface area (Å²) in [5.41, 5.74) is -1.78. The van der Waals surface area contributed by atoms with E-state index in [1.807, 2.05) is 0 Å². The van der Waals surface area contributed by atoms with Crippen LogP contribution in [0.3, 0.4) is 0 Å². The Morgan fingerprint density at radius 2 is 2.00 bits per heavy atom. The highest BCUT2D eigenvalue weighted by Crippen LogP contribution is 2.09. The van der Waals surface area contributed by atoms with Crippen molar-refractivity contribution in [2.45, 2.75) is 25.7 Å². The summed E-state index contributed by atoms with van der Waals surface area (Å²) < 4.78 is 39.3. The fourth-order valence-electron chi connectivity index (χ4n) is 0.810. The molecule has 0 aliphatic heterocycles. The lowest BCUT2D eigenvalue weighted by Crippen LogP contribution is -2.26. The molecule has 7 nitrogen and oxygen atoms in total. The van der Waals surface area contributed by atoms with Crippen molar-refractivity contribution in [1.82, 2.24) is 0 Å². The summed E-state index contributed by atoms with van der Waals surface area (Å²) in [5.74, 6) is -1.79. The van der Waals surface area contributed by atoms with Gasteiger partial charge in [0.15, 0.2) is 0 Å². The monoisotopic (exact) mass is 278 g/mol. The lowest BCUT2D eigenvalue weighted by atomic mass is 10.3. The van der Waals surface area contributed by atoms with E-state index in [0.717, 1.165) is 12.3 Å². The van der Waals surface area contributed by atoms with Gasteiger partial charge in [-0.3, -0.25) is 4.55 Å². The van der Waals surface area contributed by atoms with E-state index in [-0.39, 0.29) is 12.0 Å². The molecule has 1 unspecified atom stereocenters. The van der Waals surface area contributed by atoms with Crippen LogP contribution in [0.1, 0.15) is 20.3 Å². The molecular weight excluding hydrogens is 264 g/mol. The van der Waals surface area contributed by atoms with Gasteiger partial charge in [0.2, 0.25) is 5.44 Å². The summed E-state index contributed by atoms with van der Waals surface area (Å²) >= 11 is 0. The van der Waals surface area contributed by atoms with Gasteiger partial charge in [-0.1, -0.05) is 13.5 Å². The van der Waals surface area contributed by atoms with Crippen LogP contribution in [0, 0.1) is 0 Å². The molecule has 0 saturated carbocycles. The second-order valence-corrected chi connectivity index (χ2v) is 4.76. The number of hydrogen-bond acceptors (Lipinski definition) is 6. The second-order valence-electron chi connectivity index (χ2n) is 3.20. The molecule has 0 amide bonds. The molecule has 1 N–H and O–H groups in total. The second kappa shape index (κ2) is 6.92. The van der Waals surface area contributed by atoms with E-state index in [0.29, 0.717) is 0 Å². The van der Waals surface area contributed by atoms with Crippen LogP contribution in [0.15, 0.2) is 24.5 Å². The SMILES string of the molecule is C=CC(=O)OC=C(C)C(=O)OC(CC)S(=O)(=O)O. The summed E-state index contributed by atoms with van der Waals surface area (Å²) in [7, 11) is -4.47. The summed E-state index contributed by atoms with van der Waals surface area (Å²) in [4.78, 5) is 22.1.